The van der Waals surface area contributed by atoms with E-state index >= 15 is 0 Å². The summed E-state index contributed by atoms with van der Waals surface area (Å²) in [4.78, 5) is 1.26. The van der Waals surface area contributed by atoms with Crippen molar-refractivity contribution in [2.75, 3.05) is 13.2 Å². The molecule has 1 aromatic heterocycles. The first kappa shape index (κ1) is 15.5. The van der Waals surface area contributed by atoms with Gasteiger partial charge in [-0.1, -0.05) is 29.8 Å². The van der Waals surface area contributed by atoms with Crippen LogP contribution in [-0.2, 0) is 17.9 Å². The van der Waals surface area contributed by atoms with E-state index in [1.165, 1.54) is 4.88 Å². The third-order valence-electron chi connectivity index (χ3n) is 2.75. The molecule has 0 spiro atoms. The second-order valence-electron chi connectivity index (χ2n) is 4.51. The normalized spacial score (nSPS) is 12.5. The minimum atomic E-state index is -0.498. The second-order valence-corrected chi connectivity index (χ2v) is 5.97. The van der Waals surface area contributed by atoms with E-state index in [-0.39, 0.29) is 0 Å². The highest BCUT2D eigenvalue weighted by atomic mass is 35.5. The monoisotopic (exact) mass is 311 g/mol. The molecule has 20 heavy (non-hydrogen) atoms. The molecule has 1 atom stereocenters. The maximum atomic E-state index is 9.79. The summed E-state index contributed by atoms with van der Waals surface area (Å²) in [6, 6.07) is 11.6. The van der Waals surface area contributed by atoms with Gasteiger partial charge in [0.05, 0.1) is 19.3 Å². The Labute approximate surface area is 128 Å². The van der Waals surface area contributed by atoms with Gasteiger partial charge in [0.25, 0.3) is 0 Å². The fraction of sp³-hybridized carbons (Fsp3) is 0.333. The summed E-state index contributed by atoms with van der Waals surface area (Å²) >= 11 is 7.51. The van der Waals surface area contributed by atoms with Crippen molar-refractivity contribution in [2.45, 2.75) is 19.3 Å². The smallest absolute Gasteiger partial charge is 0.0897 e. The summed E-state index contributed by atoms with van der Waals surface area (Å²) in [6.07, 6.45) is -0.498. The minimum Gasteiger partial charge on any atom is -0.389 e. The van der Waals surface area contributed by atoms with E-state index < -0.39 is 6.10 Å². The van der Waals surface area contributed by atoms with E-state index in [0.29, 0.717) is 24.8 Å². The predicted octanol–water partition coefficient (Wildman–Crippen LogP) is 3.07. The highest BCUT2D eigenvalue weighted by molar-refractivity contribution is 7.09. The third-order valence-corrected chi connectivity index (χ3v) is 3.88. The van der Waals surface area contributed by atoms with E-state index in [2.05, 4.69) is 11.4 Å². The molecule has 3 nitrogen and oxygen atoms in total. The largest absolute Gasteiger partial charge is 0.389 e. The number of hydrogen-bond donors (Lipinski definition) is 2. The standard InChI is InChI=1S/C15H18ClNO2S/c16-13-5-3-12(4-6-13)10-19-11-14(18)8-17-9-15-2-1-7-20-15/h1-7,14,17-18H,8-11H2. The summed E-state index contributed by atoms with van der Waals surface area (Å²) in [6.45, 7) is 2.11. The Morgan fingerprint density at radius 3 is 2.75 bits per heavy atom. The van der Waals surface area contributed by atoms with Gasteiger partial charge in [-0.3, -0.25) is 0 Å². The molecule has 5 heteroatoms. The Bertz CT molecular complexity index is 487. The SMILES string of the molecule is OC(CNCc1cccs1)COCc1ccc(Cl)cc1. The summed E-state index contributed by atoms with van der Waals surface area (Å²) in [7, 11) is 0. The van der Waals surface area contributed by atoms with Crippen LogP contribution in [0.25, 0.3) is 0 Å². The lowest BCUT2D eigenvalue weighted by molar-refractivity contribution is 0.0288. The van der Waals surface area contributed by atoms with Gasteiger partial charge in [-0.05, 0) is 29.1 Å². The molecule has 108 valence electrons. The lowest BCUT2D eigenvalue weighted by Crippen LogP contribution is -2.29. The van der Waals surface area contributed by atoms with Crippen LogP contribution < -0.4 is 5.32 Å². The zero-order valence-electron chi connectivity index (χ0n) is 11.1. The van der Waals surface area contributed by atoms with Gasteiger partial charge in [0, 0.05) is 23.0 Å². The van der Waals surface area contributed by atoms with Crippen molar-refractivity contribution in [2.24, 2.45) is 0 Å². The van der Waals surface area contributed by atoms with Gasteiger partial charge >= 0.3 is 0 Å². The van der Waals surface area contributed by atoms with Crippen LogP contribution in [0.1, 0.15) is 10.4 Å². The molecule has 0 saturated heterocycles. The van der Waals surface area contributed by atoms with Crippen molar-refractivity contribution >= 4 is 22.9 Å². The molecule has 0 aliphatic rings. The molecule has 0 amide bonds. The Kier molecular flexibility index (Phi) is 6.50. The molecular formula is C15H18ClNO2S. The second kappa shape index (κ2) is 8.39. The molecular weight excluding hydrogens is 294 g/mol. The van der Waals surface area contributed by atoms with Gasteiger partial charge in [-0.2, -0.15) is 0 Å². The van der Waals surface area contributed by atoms with Crippen molar-refractivity contribution in [3.8, 4) is 0 Å². The van der Waals surface area contributed by atoms with Gasteiger partial charge < -0.3 is 15.2 Å². The number of hydrogen-bond acceptors (Lipinski definition) is 4. The first-order chi connectivity index (χ1) is 9.74. The van der Waals surface area contributed by atoms with E-state index in [4.69, 9.17) is 16.3 Å². The van der Waals surface area contributed by atoms with Crippen molar-refractivity contribution in [3.63, 3.8) is 0 Å². The molecule has 0 saturated carbocycles. The molecule has 1 aromatic carbocycles. The molecule has 1 heterocycles. The van der Waals surface area contributed by atoms with E-state index in [1.54, 1.807) is 11.3 Å². The lowest BCUT2D eigenvalue weighted by Gasteiger charge is -2.12. The van der Waals surface area contributed by atoms with Gasteiger partial charge in [-0.25, -0.2) is 0 Å². The highest BCUT2D eigenvalue weighted by Crippen LogP contribution is 2.10. The first-order valence-corrected chi connectivity index (χ1v) is 7.73. The first-order valence-electron chi connectivity index (χ1n) is 6.47. The van der Waals surface area contributed by atoms with Crippen molar-refractivity contribution < 1.29 is 9.84 Å². The zero-order chi connectivity index (χ0) is 14.2. The zero-order valence-corrected chi connectivity index (χ0v) is 12.7. The van der Waals surface area contributed by atoms with Crippen LogP contribution in [0.15, 0.2) is 41.8 Å². The third kappa shape index (κ3) is 5.61. The predicted molar refractivity (Wildman–Crippen MR) is 83.1 cm³/mol. The van der Waals surface area contributed by atoms with E-state index in [1.807, 2.05) is 35.7 Å². The number of ether oxygens (including phenoxy) is 1. The molecule has 1 unspecified atom stereocenters. The topological polar surface area (TPSA) is 41.5 Å². The number of aliphatic hydroxyl groups is 1. The quantitative estimate of drug-likeness (QED) is 0.787. The number of nitrogens with one attached hydrogen (secondary N) is 1. The number of thiophene rings is 1. The number of rotatable bonds is 8. The molecule has 2 N–H and O–H groups in total. The van der Waals surface area contributed by atoms with Crippen LogP contribution in [0.2, 0.25) is 5.02 Å². The Hall–Kier alpha value is -0.910. The molecule has 0 aliphatic heterocycles. The Balaban J connectivity index is 1.58. The van der Waals surface area contributed by atoms with Crippen molar-refractivity contribution in [1.29, 1.82) is 0 Å². The number of halogens is 1. The van der Waals surface area contributed by atoms with Gasteiger partial charge in [0.15, 0.2) is 0 Å². The Morgan fingerprint density at radius 2 is 2.05 bits per heavy atom. The van der Waals surface area contributed by atoms with Crippen LogP contribution in [0.4, 0.5) is 0 Å². The van der Waals surface area contributed by atoms with Crippen LogP contribution in [-0.4, -0.2) is 24.4 Å². The molecule has 0 fully saturated rings. The van der Waals surface area contributed by atoms with Crippen molar-refractivity contribution in [1.82, 2.24) is 5.32 Å². The molecule has 0 bridgehead atoms. The number of aliphatic hydroxyl groups excluding tert-OH is 1. The highest BCUT2D eigenvalue weighted by Gasteiger charge is 2.04. The Morgan fingerprint density at radius 1 is 1.25 bits per heavy atom. The van der Waals surface area contributed by atoms with Crippen molar-refractivity contribution in [3.05, 3.63) is 57.2 Å². The summed E-state index contributed by atoms with van der Waals surface area (Å²) in [5.74, 6) is 0. The summed E-state index contributed by atoms with van der Waals surface area (Å²) in [5, 5.41) is 15.8. The van der Waals surface area contributed by atoms with Crippen LogP contribution in [0, 0.1) is 0 Å². The van der Waals surface area contributed by atoms with Crippen LogP contribution in [0.5, 0.6) is 0 Å². The van der Waals surface area contributed by atoms with Gasteiger partial charge in [0.1, 0.15) is 0 Å². The fourth-order valence-corrected chi connectivity index (χ4v) is 2.53. The molecule has 2 rings (SSSR count). The van der Waals surface area contributed by atoms with Gasteiger partial charge in [0.2, 0.25) is 0 Å². The minimum absolute atomic E-state index is 0.320. The summed E-state index contributed by atoms with van der Waals surface area (Å²) in [5.41, 5.74) is 1.05. The molecule has 2 aromatic rings. The molecule has 0 radical (unpaired) electrons. The van der Waals surface area contributed by atoms with E-state index in [0.717, 1.165) is 12.1 Å². The average Bonchev–Trinajstić information content (AvgIpc) is 2.94. The maximum absolute atomic E-state index is 9.79. The number of benzene rings is 1. The van der Waals surface area contributed by atoms with Gasteiger partial charge in [-0.15, -0.1) is 11.3 Å². The van der Waals surface area contributed by atoms with Crippen LogP contribution in [0.3, 0.4) is 0 Å². The van der Waals surface area contributed by atoms with E-state index in [9.17, 15) is 5.11 Å². The maximum Gasteiger partial charge on any atom is 0.0897 e. The average molecular weight is 312 g/mol. The fourth-order valence-electron chi connectivity index (χ4n) is 1.73. The summed E-state index contributed by atoms with van der Waals surface area (Å²) < 4.78 is 5.48. The van der Waals surface area contributed by atoms with Crippen LogP contribution >= 0.6 is 22.9 Å². The molecule has 0 aliphatic carbocycles. The lowest BCUT2D eigenvalue weighted by atomic mass is 10.2.